The van der Waals surface area contributed by atoms with Gasteiger partial charge in [-0.3, -0.25) is 4.79 Å². The number of halogens is 6. The minimum atomic E-state index is -6.68. The molecule has 1 amide bonds. The molecule has 1 unspecified atom stereocenters. The molecule has 0 radical (unpaired) electrons. The molecule has 1 aromatic carbocycles. The van der Waals surface area contributed by atoms with Crippen LogP contribution in [-0.4, -0.2) is 36.4 Å². The topological polar surface area (TPSA) is 112 Å². The SMILES string of the molecule is Nc1ccc(I)cc1C(=O)NC(C(F)(F)F)C(F)(F)S(=O)(=O)[O-]. The van der Waals surface area contributed by atoms with Crippen molar-refractivity contribution in [2.75, 3.05) is 5.73 Å². The van der Waals surface area contributed by atoms with Gasteiger partial charge in [0, 0.05) is 9.26 Å². The summed E-state index contributed by atoms with van der Waals surface area (Å²) >= 11 is 1.68. The summed E-state index contributed by atoms with van der Waals surface area (Å²) in [5, 5.41) is -4.98. The molecule has 23 heavy (non-hydrogen) atoms. The van der Waals surface area contributed by atoms with Crippen LogP contribution in [0.3, 0.4) is 0 Å². The van der Waals surface area contributed by atoms with Gasteiger partial charge in [-0.1, -0.05) is 0 Å². The summed E-state index contributed by atoms with van der Waals surface area (Å²) in [6.45, 7) is 0. The van der Waals surface area contributed by atoms with E-state index in [9.17, 15) is 39.7 Å². The molecule has 0 bridgehead atoms. The zero-order valence-electron chi connectivity index (χ0n) is 10.7. The third-order valence-corrected chi connectivity index (χ3v) is 4.11. The molecule has 0 saturated carbocycles. The first-order chi connectivity index (χ1) is 10.2. The van der Waals surface area contributed by atoms with Gasteiger partial charge in [0.2, 0.25) is 6.04 Å². The van der Waals surface area contributed by atoms with Crippen LogP contribution in [0.5, 0.6) is 0 Å². The Morgan fingerprint density at radius 3 is 2.22 bits per heavy atom. The van der Waals surface area contributed by atoms with Crippen molar-refractivity contribution < 1.29 is 39.7 Å². The van der Waals surface area contributed by atoms with Crippen LogP contribution in [0.4, 0.5) is 27.6 Å². The van der Waals surface area contributed by atoms with Gasteiger partial charge < -0.3 is 15.6 Å². The molecular weight excluding hydrogens is 466 g/mol. The third kappa shape index (κ3) is 4.41. The lowest BCUT2D eigenvalue weighted by molar-refractivity contribution is -0.191. The highest BCUT2D eigenvalue weighted by Gasteiger charge is 2.60. The van der Waals surface area contributed by atoms with Gasteiger partial charge in [-0.2, -0.15) is 22.0 Å². The number of alkyl halides is 5. The number of nitrogens with two attached hydrogens (primary N) is 1. The van der Waals surface area contributed by atoms with Gasteiger partial charge in [0.1, 0.15) is 0 Å². The number of nitrogen functional groups attached to an aromatic ring is 1. The van der Waals surface area contributed by atoms with Crippen LogP contribution in [0.15, 0.2) is 18.2 Å². The fourth-order valence-corrected chi connectivity index (χ4v) is 2.41. The van der Waals surface area contributed by atoms with Crippen LogP contribution < -0.4 is 11.1 Å². The number of hydrogen-bond acceptors (Lipinski definition) is 5. The monoisotopic (exact) mass is 473 g/mol. The summed E-state index contributed by atoms with van der Waals surface area (Å²) in [6.07, 6.45) is -5.90. The van der Waals surface area contributed by atoms with Crippen LogP contribution in [0.2, 0.25) is 0 Å². The molecule has 6 nitrogen and oxygen atoms in total. The van der Waals surface area contributed by atoms with E-state index in [0.717, 1.165) is 17.4 Å². The Morgan fingerprint density at radius 2 is 1.78 bits per heavy atom. The molecule has 1 atom stereocenters. The zero-order valence-corrected chi connectivity index (χ0v) is 13.7. The van der Waals surface area contributed by atoms with Gasteiger partial charge in [-0.05, 0) is 40.8 Å². The third-order valence-electron chi connectivity index (χ3n) is 2.53. The summed E-state index contributed by atoms with van der Waals surface area (Å²) in [6, 6.07) is -0.684. The second kappa shape index (κ2) is 6.35. The predicted octanol–water partition coefficient (Wildman–Crippen LogP) is 1.67. The van der Waals surface area contributed by atoms with Crippen LogP contribution in [0.25, 0.3) is 0 Å². The van der Waals surface area contributed by atoms with Crippen LogP contribution in [0.1, 0.15) is 10.4 Å². The maximum Gasteiger partial charge on any atom is 0.415 e. The van der Waals surface area contributed by atoms with Crippen molar-refractivity contribution in [3.63, 3.8) is 0 Å². The van der Waals surface area contributed by atoms with Gasteiger partial charge in [0.05, 0.1) is 5.56 Å². The van der Waals surface area contributed by atoms with E-state index in [2.05, 4.69) is 0 Å². The van der Waals surface area contributed by atoms with Crippen molar-refractivity contribution in [3.8, 4) is 0 Å². The summed E-state index contributed by atoms with van der Waals surface area (Å²) < 4.78 is 96.1. The molecule has 3 N–H and O–H groups in total. The molecule has 0 spiro atoms. The molecule has 130 valence electrons. The standard InChI is InChI=1S/C10H8F5IN2O4S/c11-9(12,13)8(10(14,15)23(20,21)22)18-7(19)5-3-4(16)1-2-6(5)17/h1-3,8H,17H2,(H,18,19)(H,20,21,22)/p-1. The lowest BCUT2D eigenvalue weighted by Gasteiger charge is -2.30. The quantitative estimate of drug-likeness (QED) is 0.299. The molecule has 0 aliphatic rings. The van der Waals surface area contributed by atoms with E-state index in [-0.39, 0.29) is 5.69 Å². The molecule has 0 saturated heterocycles. The average Bonchev–Trinajstić information content (AvgIpc) is 2.35. The van der Waals surface area contributed by atoms with Gasteiger partial charge in [0.25, 0.3) is 5.91 Å². The minimum absolute atomic E-state index is 0.322. The van der Waals surface area contributed by atoms with E-state index < -0.39 is 39.1 Å². The van der Waals surface area contributed by atoms with Gasteiger partial charge >= 0.3 is 11.4 Å². The highest BCUT2D eigenvalue weighted by Crippen LogP contribution is 2.36. The number of anilines is 1. The average molecular weight is 473 g/mol. The summed E-state index contributed by atoms with van der Waals surface area (Å²) in [5.74, 6) is -1.70. The Kier molecular flexibility index (Phi) is 5.47. The second-order valence-electron chi connectivity index (χ2n) is 4.20. The lowest BCUT2D eigenvalue weighted by Crippen LogP contribution is -2.59. The van der Waals surface area contributed by atoms with Gasteiger partial charge in [-0.15, -0.1) is 0 Å². The molecule has 0 heterocycles. The van der Waals surface area contributed by atoms with Crippen LogP contribution >= 0.6 is 22.6 Å². The Labute approximate surface area is 140 Å². The molecule has 0 fully saturated rings. The van der Waals surface area contributed by atoms with Crippen molar-refractivity contribution in [2.45, 2.75) is 17.5 Å². The fourth-order valence-electron chi connectivity index (χ4n) is 1.43. The Hall–Kier alpha value is -1.22. The van der Waals surface area contributed by atoms with Crippen LogP contribution in [-0.2, 0) is 10.1 Å². The van der Waals surface area contributed by atoms with Crippen LogP contribution in [0, 0.1) is 3.57 Å². The fraction of sp³-hybridized carbons (Fsp3) is 0.300. The molecular formula is C10H7F5IN2O4S-. The smallest absolute Gasteiger partial charge is 0.415 e. The van der Waals surface area contributed by atoms with Crippen molar-refractivity contribution in [1.82, 2.24) is 5.32 Å². The van der Waals surface area contributed by atoms with Gasteiger partial charge in [-0.25, -0.2) is 8.42 Å². The normalized spacial score (nSPS) is 14.4. The minimum Gasteiger partial charge on any atom is -0.743 e. The highest BCUT2D eigenvalue weighted by atomic mass is 127. The Balaban J connectivity index is 3.28. The Morgan fingerprint density at radius 1 is 1.26 bits per heavy atom. The largest absolute Gasteiger partial charge is 0.743 e. The number of benzene rings is 1. The second-order valence-corrected chi connectivity index (χ2v) is 6.89. The molecule has 0 aromatic heterocycles. The maximum atomic E-state index is 13.3. The molecule has 13 heteroatoms. The van der Waals surface area contributed by atoms with E-state index in [4.69, 9.17) is 5.73 Å². The van der Waals surface area contributed by atoms with Crippen molar-refractivity contribution in [2.24, 2.45) is 0 Å². The number of amides is 1. The molecule has 0 aliphatic heterocycles. The first-order valence-electron chi connectivity index (χ1n) is 5.43. The zero-order chi connectivity index (χ0) is 18.2. The van der Waals surface area contributed by atoms with Crippen molar-refractivity contribution in [3.05, 3.63) is 27.3 Å². The highest BCUT2D eigenvalue weighted by molar-refractivity contribution is 14.1. The first kappa shape index (κ1) is 19.8. The first-order valence-corrected chi connectivity index (χ1v) is 7.92. The molecule has 1 rings (SSSR count). The number of carbonyl (C=O) groups is 1. The van der Waals surface area contributed by atoms with Crippen molar-refractivity contribution in [1.29, 1.82) is 0 Å². The van der Waals surface area contributed by atoms with E-state index >= 15 is 0 Å². The van der Waals surface area contributed by atoms with Gasteiger partial charge in [0.15, 0.2) is 10.1 Å². The van der Waals surface area contributed by atoms with E-state index in [1.165, 1.54) is 6.07 Å². The number of hydrogen-bond donors (Lipinski definition) is 2. The molecule has 0 aliphatic carbocycles. The lowest BCUT2D eigenvalue weighted by atomic mass is 10.1. The number of carbonyl (C=O) groups excluding carboxylic acids is 1. The molecule has 1 aromatic rings. The van der Waals surface area contributed by atoms with Crippen molar-refractivity contribution >= 4 is 44.3 Å². The number of nitrogens with one attached hydrogen (secondary N) is 1. The maximum absolute atomic E-state index is 13.3. The number of rotatable bonds is 4. The predicted molar refractivity (Wildman–Crippen MR) is 75.5 cm³/mol. The summed E-state index contributed by atoms with van der Waals surface area (Å²) in [4.78, 5) is 11.7. The summed E-state index contributed by atoms with van der Waals surface area (Å²) in [5.41, 5.74) is 4.46. The van der Waals surface area contributed by atoms with E-state index in [1.807, 2.05) is 0 Å². The summed E-state index contributed by atoms with van der Waals surface area (Å²) in [7, 11) is -6.68. The van der Waals surface area contributed by atoms with E-state index in [0.29, 0.717) is 3.57 Å². The van der Waals surface area contributed by atoms with E-state index in [1.54, 1.807) is 22.6 Å². The Bertz CT molecular complexity index is 722.